The number of fused-ring (bicyclic) bond motifs is 2. The molecular formula is C31H31FO9S2. The number of methoxy groups -OCH3 is 2. The number of benzene rings is 2. The van der Waals surface area contributed by atoms with Crippen molar-refractivity contribution in [2.24, 2.45) is 11.8 Å². The van der Waals surface area contributed by atoms with Crippen LogP contribution in [0.1, 0.15) is 53.0 Å². The summed E-state index contributed by atoms with van der Waals surface area (Å²) in [5.74, 6) is -2.64. The third-order valence-corrected chi connectivity index (χ3v) is 9.20. The van der Waals surface area contributed by atoms with Crippen LogP contribution in [0.5, 0.6) is 23.0 Å². The van der Waals surface area contributed by atoms with E-state index in [0.717, 1.165) is 21.4 Å². The summed E-state index contributed by atoms with van der Waals surface area (Å²) in [4.78, 5) is 48.7. The Morgan fingerprint density at radius 1 is 0.791 bits per heavy atom. The molecule has 2 heterocycles. The summed E-state index contributed by atoms with van der Waals surface area (Å²) >= 11 is 2.37. The van der Waals surface area contributed by atoms with E-state index in [4.69, 9.17) is 24.1 Å². The standard InChI is InChI=1S/C31H31FO9S2/c1-15(17(3)33)8-20(34)28-12-19-26(43-28)14-24(39-5)30(29(19)32)41-7-6-40-23-10-18-11-27(21(35)9-16(2)31(36)37)42-25(18)13-22(23)38-4/h10-16H,6-9H2,1-5H3,(H,36,37)/t15-,16+/m0/s1. The molecule has 2 aromatic heterocycles. The molecule has 0 unspecified atom stereocenters. The summed E-state index contributed by atoms with van der Waals surface area (Å²) in [7, 11) is 2.87. The van der Waals surface area contributed by atoms with Gasteiger partial charge in [-0.05, 0) is 30.5 Å². The minimum Gasteiger partial charge on any atom is -0.493 e. The largest absolute Gasteiger partial charge is 0.493 e. The Labute approximate surface area is 255 Å². The van der Waals surface area contributed by atoms with Crippen molar-refractivity contribution in [1.29, 1.82) is 0 Å². The Bertz CT molecular complexity index is 1700. The molecule has 0 saturated heterocycles. The highest BCUT2D eigenvalue weighted by atomic mass is 32.1. The summed E-state index contributed by atoms with van der Waals surface area (Å²) in [6, 6.07) is 8.21. The fourth-order valence-electron chi connectivity index (χ4n) is 4.26. The lowest BCUT2D eigenvalue weighted by Crippen LogP contribution is -2.13. The zero-order chi connectivity index (χ0) is 31.4. The van der Waals surface area contributed by atoms with Crippen LogP contribution in [0.3, 0.4) is 0 Å². The number of ether oxygens (including phenoxy) is 4. The van der Waals surface area contributed by atoms with Crippen molar-refractivity contribution in [2.75, 3.05) is 27.4 Å². The summed E-state index contributed by atoms with van der Waals surface area (Å²) in [6.07, 6.45) is -0.0579. The van der Waals surface area contributed by atoms with E-state index < -0.39 is 23.6 Å². The van der Waals surface area contributed by atoms with Gasteiger partial charge in [0.25, 0.3) is 0 Å². The number of hydrogen-bond donors (Lipinski definition) is 1. The molecule has 43 heavy (non-hydrogen) atoms. The van der Waals surface area contributed by atoms with Crippen LogP contribution in [0.25, 0.3) is 20.2 Å². The molecule has 0 fully saturated rings. The number of carbonyl (C=O) groups is 4. The van der Waals surface area contributed by atoms with Gasteiger partial charge in [-0.3, -0.25) is 19.2 Å². The topological polar surface area (TPSA) is 125 Å². The zero-order valence-electron chi connectivity index (χ0n) is 24.3. The lowest BCUT2D eigenvalue weighted by atomic mass is 10.00. The second-order valence-electron chi connectivity index (χ2n) is 10.1. The number of halogens is 1. The number of aliphatic carboxylic acids is 1. The van der Waals surface area contributed by atoms with E-state index in [-0.39, 0.29) is 60.3 Å². The van der Waals surface area contributed by atoms with Crippen LogP contribution in [0.2, 0.25) is 0 Å². The fourth-order valence-corrected chi connectivity index (χ4v) is 6.32. The first-order valence-corrected chi connectivity index (χ1v) is 15.0. The maximum Gasteiger partial charge on any atom is 0.306 e. The number of carboxylic acid groups (broad SMARTS) is 1. The average Bonchev–Trinajstić information content (AvgIpc) is 3.59. The number of thiophene rings is 2. The molecule has 4 aromatic rings. The molecule has 0 aliphatic heterocycles. The molecule has 0 radical (unpaired) electrons. The number of Topliss-reactive ketones (excluding diaryl/α,β-unsaturated/α-hetero) is 3. The van der Waals surface area contributed by atoms with Gasteiger partial charge in [-0.1, -0.05) is 13.8 Å². The van der Waals surface area contributed by atoms with Crippen molar-refractivity contribution in [3.8, 4) is 23.0 Å². The third-order valence-electron chi connectivity index (χ3n) is 6.94. The van der Waals surface area contributed by atoms with Crippen LogP contribution in [0.4, 0.5) is 4.39 Å². The molecule has 0 saturated carbocycles. The van der Waals surface area contributed by atoms with Crippen LogP contribution < -0.4 is 18.9 Å². The first kappa shape index (κ1) is 31.9. The highest BCUT2D eigenvalue weighted by Gasteiger charge is 2.23. The number of ketones is 3. The predicted molar refractivity (Wildman–Crippen MR) is 162 cm³/mol. The van der Waals surface area contributed by atoms with Crippen molar-refractivity contribution in [3.63, 3.8) is 0 Å². The Hall–Kier alpha value is -4.03. The average molecular weight is 631 g/mol. The first-order chi connectivity index (χ1) is 20.4. The molecule has 12 heteroatoms. The molecule has 9 nitrogen and oxygen atoms in total. The van der Waals surface area contributed by atoms with Crippen molar-refractivity contribution in [2.45, 2.75) is 33.6 Å². The van der Waals surface area contributed by atoms with Gasteiger partial charge >= 0.3 is 5.97 Å². The van der Waals surface area contributed by atoms with Gasteiger partial charge in [0.15, 0.2) is 40.4 Å². The van der Waals surface area contributed by atoms with Gasteiger partial charge in [0.05, 0.1) is 29.9 Å². The second kappa shape index (κ2) is 13.5. The SMILES string of the molecule is COc1cc2sc(C(=O)C[C@@H](C)C(=O)O)cc2cc1OCCOc1c(OC)cc2sc(C(=O)C[C@H](C)C(C)=O)cc2c1F. The Balaban J connectivity index is 1.47. The van der Waals surface area contributed by atoms with Crippen molar-refractivity contribution < 1.29 is 47.6 Å². The van der Waals surface area contributed by atoms with Gasteiger partial charge < -0.3 is 24.1 Å². The Morgan fingerprint density at radius 3 is 2.00 bits per heavy atom. The third kappa shape index (κ3) is 7.14. The summed E-state index contributed by atoms with van der Waals surface area (Å²) in [5.41, 5.74) is 0. The maximum absolute atomic E-state index is 15.5. The number of carbonyl (C=O) groups excluding carboxylic acids is 3. The zero-order valence-corrected chi connectivity index (χ0v) is 25.9. The van der Waals surface area contributed by atoms with E-state index in [1.54, 1.807) is 31.2 Å². The lowest BCUT2D eigenvalue weighted by molar-refractivity contribution is -0.141. The summed E-state index contributed by atoms with van der Waals surface area (Å²) in [6.45, 7) is 4.57. The van der Waals surface area contributed by atoms with Crippen molar-refractivity contribution >= 4 is 66.2 Å². The second-order valence-corrected chi connectivity index (χ2v) is 12.3. The quantitative estimate of drug-likeness (QED) is 0.111. The van der Waals surface area contributed by atoms with Crippen molar-refractivity contribution in [1.82, 2.24) is 0 Å². The lowest BCUT2D eigenvalue weighted by Gasteiger charge is -2.14. The molecule has 0 amide bonds. The summed E-state index contributed by atoms with van der Waals surface area (Å²) in [5, 5.41) is 10.1. The van der Waals surface area contributed by atoms with E-state index in [1.165, 1.54) is 45.5 Å². The van der Waals surface area contributed by atoms with Gasteiger partial charge in [0.2, 0.25) is 0 Å². The van der Waals surface area contributed by atoms with Crippen LogP contribution in [-0.2, 0) is 9.59 Å². The van der Waals surface area contributed by atoms with Gasteiger partial charge in [0, 0.05) is 45.7 Å². The van der Waals surface area contributed by atoms with Gasteiger partial charge in [-0.2, -0.15) is 0 Å². The molecule has 1 N–H and O–H groups in total. The first-order valence-electron chi connectivity index (χ1n) is 13.4. The van der Waals surface area contributed by atoms with Crippen LogP contribution in [0.15, 0.2) is 30.3 Å². The van der Waals surface area contributed by atoms with Gasteiger partial charge in [-0.15, -0.1) is 22.7 Å². The minimum atomic E-state index is -1.03. The van der Waals surface area contributed by atoms with E-state index in [2.05, 4.69) is 0 Å². The smallest absolute Gasteiger partial charge is 0.306 e. The maximum atomic E-state index is 15.5. The van der Waals surface area contributed by atoms with E-state index >= 15 is 4.39 Å². The minimum absolute atomic E-state index is 0.0187. The number of rotatable bonds is 15. The molecule has 0 aliphatic carbocycles. The molecule has 4 rings (SSSR count). The highest BCUT2D eigenvalue weighted by Crippen LogP contribution is 2.41. The molecular weight excluding hydrogens is 599 g/mol. The fraction of sp³-hybridized carbons (Fsp3) is 0.355. The number of hydrogen-bond acceptors (Lipinski definition) is 10. The molecule has 0 aliphatic rings. The molecule has 0 bridgehead atoms. The van der Waals surface area contributed by atoms with E-state index in [1.807, 2.05) is 0 Å². The van der Waals surface area contributed by atoms with Gasteiger partial charge in [-0.25, -0.2) is 4.39 Å². The monoisotopic (exact) mass is 630 g/mol. The van der Waals surface area contributed by atoms with Crippen LogP contribution in [0, 0.1) is 17.7 Å². The van der Waals surface area contributed by atoms with Crippen molar-refractivity contribution in [3.05, 3.63) is 45.9 Å². The van der Waals surface area contributed by atoms with Crippen LogP contribution >= 0.6 is 22.7 Å². The summed E-state index contributed by atoms with van der Waals surface area (Å²) < 4.78 is 39.2. The van der Waals surface area contributed by atoms with Gasteiger partial charge in [0.1, 0.15) is 19.0 Å². The molecule has 0 spiro atoms. The molecule has 2 aromatic carbocycles. The highest BCUT2D eigenvalue weighted by molar-refractivity contribution is 7.21. The predicted octanol–water partition coefficient (Wildman–Crippen LogP) is 6.82. The van der Waals surface area contributed by atoms with Crippen LogP contribution in [-0.4, -0.2) is 55.9 Å². The van der Waals surface area contributed by atoms with E-state index in [9.17, 15) is 19.2 Å². The molecule has 2 atom stereocenters. The van der Waals surface area contributed by atoms with E-state index in [0.29, 0.717) is 26.0 Å². The Kier molecular flexibility index (Phi) is 10.0. The number of carboxylic acids is 1. The molecule has 228 valence electrons. The Morgan fingerprint density at radius 2 is 1.37 bits per heavy atom. The normalized spacial score (nSPS) is 12.6.